The summed E-state index contributed by atoms with van der Waals surface area (Å²) in [5.41, 5.74) is 0.749. The van der Waals surface area contributed by atoms with Crippen molar-refractivity contribution < 1.29 is 46.3 Å². The smallest absolute Gasteiger partial charge is 0.460 e. The lowest BCUT2D eigenvalue weighted by molar-refractivity contribution is -0.142. The summed E-state index contributed by atoms with van der Waals surface area (Å²) in [6.07, 6.45) is 0. The minimum absolute atomic E-state index is 0.0810. The fourth-order valence-corrected chi connectivity index (χ4v) is 3.55. The molecule has 11 heteroatoms. The molecule has 0 radical (unpaired) electrons. The largest absolute Gasteiger partial charge is 0.680 e. The van der Waals surface area contributed by atoms with E-state index in [4.69, 9.17) is 31.9 Å². The molecule has 0 aliphatic heterocycles. The summed E-state index contributed by atoms with van der Waals surface area (Å²) in [6.45, 7) is 16.4. The number of esters is 3. The molecule has 0 fully saturated rings. The second kappa shape index (κ2) is 15.5. The Balaban J connectivity index is 4.90. The van der Waals surface area contributed by atoms with Crippen LogP contribution in [0.1, 0.15) is 27.7 Å². The van der Waals surface area contributed by atoms with Crippen LogP contribution in [0.3, 0.4) is 0 Å². The summed E-state index contributed by atoms with van der Waals surface area (Å²) in [7, 11) is -3.73. The second-order valence-electron chi connectivity index (χ2n) is 6.23. The van der Waals surface area contributed by atoms with Gasteiger partial charge in [0.1, 0.15) is 19.8 Å². The van der Waals surface area contributed by atoms with E-state index in [-0.39, 0.29) is 63.0 Å². The van der Waals surface area contributed by atoms with Crippen molar-refractivity contribution in [1.29, 1.82) is 0 Å². The number of rotatable bonds is 17. The third-order valence-corrected chi connectivity index (χ3v) is 5.47. The van der Waals surface area contributed by atoms with E-state index in [9.17, 15) is 14.4 Å². The van der Waals surface area contributed by atoms with E-state index in [0.717, 1.165) is 0 Å². The third-order valence-electron chi connectivity index (χ3n) is 3.15. The van der Waals surface area contributed by atoms with Crippen LogP contribution in [-0.2, 0) is 46.3 Å². The molecular weight excluding hydrogens is 428 g/mol. The summed E-state index contributed by atoms with van der Waals surface area (Å²) in [6, 6.07) is 0. The van der Waals surface area contributed by atoms with Crippen LogP contribution in [0.2, 0.25) is 0 Å². The van der Waals surface area contributed by atoms with Crippen molar-refractivity contribution >= 4 is 27.0 Å². The fourth-order valence-electron chi connectivity index (χ4n) is 1.70. The first kappa shape index (κ1) is 28.7. The first-order valence-corrected chi connectivity index (χ1v) is 11.2. The van der Waals surface area contributed by atoms with Gasteiger partial charge in [-0.05, 0) is 27.7 Å². The quantitative estimate of drug-likeness (QED) is 0.105. The van der Waals surface area contributed by atoms with Gasteiger partial charge < -0.3 is 31.9 Å². The van der Waals surface area contributed by atoms with E-state index in [1.807, 2.05) is 0 Å². The molecule has 0 amide bonds. The Hall–Kier alpha value is -2.31. The zero-order valence-corrected chi connectivity index (χ0v) is 19.7. The van der Waals surface area contributed by atoms with Gasteiger partial charge in [0.05, 0.1) is 19.8 Å². The summed E-state index contributed by atoms with van der Waals surface area (Å²) in [4.78, 5) is 34.4. The summed E-state index contributed by atoms with van der Waals surface area (Å²) in [5, 5.41) is 0. The molecule has 0 aromatic rings. The minimum atomic E-state index is -3.73. The number of carbonyl (C=O) groups is 3. The van der Waals surface area contributed by atoms with Gasteiger partial charge in [-0.3, -0.25) is 0 Å². The molecule has 0 unspecified atom stereocenters. The van der Waals surface area contributed by atoms with Gasteiger partial charge in [0.25, 0.3) is 0 Å². The van der Waals surface area contributed by atoms with Gasteiger partial charge in [-0.1, -0.05) is 19.7 Å². The van der Waals surface area contributed by atoms with Crippen molar-refractivity contribution in [3.8, 4) is 0 Å². The van der Waals surface area contributed by atoms with Crippen LogP contribution in [0, 0.1) is 0 Å². The molecule has 0 aromatic carbocycles. The van der Waals surface area contributed by atoms with Gasteiger partial charge in [-0.25, -0.2) is 14.4 Å². The van der Waals surface area contributed by atoms with Crippen LogP contribution in [0.5, 0.6) is 0 Å². The number of ether oxygens (including phenoxy) is 3. The van der Waals surface area contributed by atoms with Gasteiger partial charge in [0.15, 0.2) is 0 Å². The maximum atomic E-state index is 11.5. The standard InChI is InChI=1S/C20H32O10Si/c1-8-27-31(28-12-9-24-18(21)15(2)3,29-13-10-25-19(22)16(4)5)30-14-11-26-20(23)17(6)7/h2,4,6,8-14H2,1,3,5,7H3. The van der Waals surface area contributed by atoms with Crippen LogP contribution >= 0.6 is 0 Å². The molecule has 0 saturated heterocycles. The van der Waals surface area contributed by atoms with E-state index in [1.165, 1.54) is 20.8 Å². The molecule has 0 bridgehead atoms. The molecule has 176 valence electrons. The van der Waals surface area contributed by atoms with E-state index in [1.54, 1.807) is 6.92 Å². The first-order valence-electron chi connectivity index (χ1n) is 9.58. The number of carbonyl (C=O) groups excluding carboxylic acids is 3. The van der Waals surface area contributed by atoms with E-state index >= 15 is 0 Å². The fraction of sp³-hybridized carbons (Fsp3) is 0.550. The monoisotopic (exact) mass is 460 g/mol. The van der Waals surface area contributed by atoms with Crippen molar-refractivity contribution in [2.45, 2.75) is 27.7 Å². The molecule has 0 rings (SSSR count). The molecular formula is C20H32O10Si. The topological polar surface area (TPSA) is 116 Å². The van der Waals surface area contributed by atoms with Crippen LogP contribution in [0.15, 0.2) is 36.5 Å². The van der Waals surface area contributed by atoms with Gasteiger partial charge in [0, 0.05) is 23.3 Å². The Bertz CT molecular complexity index is 575. The molecule has 0 atom stereocenters. The van der Waals surface area contributed by atoms with Crippen molar-refractivity contribution in [3.63, 3.8) is 0 Å². The highest BCUT2D eigenvalue weighted by molar-refractivity contribution is 6.53. The Morgan fingerprint density at radius 2 is 0.871 bits per heavy atom. The molecule has 0 N–H and O–H groups in total. The van der Waals surface area contributed by atoms with Crippen LogP contribution in [0.25, 0.3) is 0 Å². The van der Waals surface area contributed by atoms with Gasteiger partial charge in [-0.2, -0.15) is 0 Å². The predicted octanol–water partition coefficient (Wildman–Crippen LogP) is 1.87. The molecule has 0 aliphatic rings. The van der Waals surface area contributed by atoms with Crippen molar-refractivity contribution in [1.82, 2.24) is 0 Å². The molecule has 0 saturated carbocycles. The SMILES string of the molecule is C=C(C)C(=O)OCCO[Si](OCC)(OCCOC(=O)C(=C)C)OCCOC(=O)C(=C)C. The second-order valence-corrected chi connectivity index (χ2v) is 8.38. The Morgan fingerprint density at radius 3 is 1.10 bits per heavy atom. The van der Waals surface area contributed by atoms with Crippen molar-refractivity contribution in [2.24, 2.45) is 0 Å². The molecule has 0 heterocycles. The lowest BCUT2D eigenvalue weighted by atomic mass is 10.4. The van der Waals surface area contributed by atoms with Crippen molar-refractivity contribution in [3.05, 3.63) is 36.5 Å². The van der Waals surface area contributed by atoms with Crippen LogP contribution < -0.4 is 0 Å². The summed E-state index contributed by atoms with van der Waals surface area (Å²) >= 11 is 0. The predicted molar refractivity (Wildman–Crippen MR) is 113 cm³/mol. The lowest BCUT2D eigenvalue weighted by Gasteiger charge is -2.27. The lowest BCUT2D eigenvalue weighted by Crippen LogP contribution is -2.51. The Labute approximate surface area is 184 Å². The maximum absolute atomic E-state index is 11.5. The molecule has 0 aliphatic carbocycles. The van der Waals surface area contributed by atoms with Crippen molar-refractivity contribution in [2.75, 3.05) is 46.2 Å². The Morgan fingerprint density at radius 1 is 0.581 bits per heavy atom. The maximum Gasteiger partial charge on any atom is 0.680 e. The molecule has 0 aromatic heterocycles. The zero-order chi connectivity index (χ0) is 23.9. The molecule has 31 heavy (non-hydrogen) atoms. The van der Waals surface area contributed by atoms with Gasteiger partial charge in [0.2, 0.25) is 0 Å². The van der Waals surface area contributed by atoms with E-state index < -0.39 is 27.0 Å². The average Bonchev–Trinajstić information content (AvgIpc) is 2.71. The average molecular weight is 461 g/mol. The van der Waals surface area contributed by atoms with Crippen LogP contribution in [-0.4, -0.2) is 73.2 Å². The van der Waals surface area contributed by atoms with Gasteiger partial charge in [-0.15, -0.1) is 0 Å². The highest BCUT2D eigenvalue weighted by atomic mass is 28.4. The molecule has 10 nitrogen and oxygen atoms in total. The van der Waals surface area contributed by atoms with E-state index in [2.05, 4.69) is 19.7 Å². The first-order chi connectivity index (χ1) is 14.5. The third kappa shape index (κ3) is 12.9. The highest BCUT2D eigenvalue weighted by Gasteiger charge is 2.45. The zero-order valence-electron chi connectivity index (χ0n) is 18.7. The minimum Gasteiger partial charge on any atom is -0.460 e. The number of hydrogen-bond acceptors (Lipinski definition) is 10. The normalized spacial score (nSPS) is 10.8. The number of hydrogen-bond donors (Lipinski definition) is 0. The van der Waals surface area contributed by atoms with Crippen LogP contribution in [0.4, 0.5) is 0 Å². The molecule has 0 spiro atoms. The van der Waals surface area contributed by atoms with Gasteiger partial charge >= 0.3 is 27.0 Å². The van der Waals surface area contributed by atoms with E-state index in [0.29, 0.717) is 0 Å². The summed E-state index contributed by atoms with van der Waals surface area (Å²) in [5.74, 6) is -1.69. The summed E-state index contributed by atoms with van der Waals surface area (Å²) < 4.78 is 37.5. The Kier molecular flexibility index (Phi) is 14.3. The highest BCUT2D eigenvalue weighted by Crippen LogP contribution is 2.13.